The summed E-state index contributed by atoms with van der Waals surface area (Å²) in [5.74, 6) is 0.792. The first-order valence-corrected chi connectivity index (χ1v) is 8.63. The lowest BCUT2D eigenvalue weighted by Gasteiger charge is -2.37. The van der Waals surface area contributed by atoms with Crippen LogP contribution >= 0.6 is 0 Å². The van der Waals surface area contributed by atoms with Crippen molar-refractivity contribution >= 4 is 23.3 Å². The van der Waals surface area contributed by atoms with Crippen molar-refractivity contribution in [2.45, 2.75) is 13.8 Å². The van der Waals surface area contributed by atoms with Crippen LogP contribution in [0.5, 0.6) is 0 Å². The van der Waals surface area contributed by atoms with Crippen molar-refractivity contribution in [2.24, 2.45) is 0 Å². The summed E-state index contributed by atoms with van der Waals surface area (Å²) in [5.41, 5.74) is 3.26. The van der Waals surface area contributed by atoms with E-state index in [0.29, 0.717) is 12.3 Å². The molecule has 0 atom stereocenters. The van der Waals surface area contributed by atoms with Crippen LogP contribution in [0.3, 0.4) is 0 Å². The van der Waals surface area contributed by atoms with E-state index in [4.69, 9.17) is 4.74 Å². The summed E-state index contributed by atoms with van der Waals surface area (Å²) in [6.07, 6.45) is 1.30. The lowest BCUT2D eigenvalue weighted by atomic mass is 10.1. The van der Waals surface area contributed by atoms with Gasteiger partial charge in [-0.05, 0) is 37.6 Å². The van der Waals surface area contributed by atoms with Crippen LogP contribution in [0.25, 0.3) is 0 Å². The molecule has 1 aromatic heterocycles. The van der Waals surface area contributed by atoms with Crippen LogP contribution in [-0.4, -0.2) is 43.9 Å². The topological polar surface area (TPSA) is 57.7 Å². The minimum absolute atomic E-state index is 0.344. The number of pyridine rings is 1. The summed E-state index contributed by atoms with van der Waals surface area (Å²) in [7, 11) is 0. The molecule has 1 aromatic carbocycles. The molecule has 1 N–H and O–H groups in total. The highest BCUT2D eigenvalue weighted by atomic mass is 16.5. The van der Waals surface area contributed by atoms with Gasteiger partial charge in [0, 0.05) is 38.1 Å². The van der Waals surface area contributed by atoms with Crippen LogP contribution in [0.2, 0.25) is 0 Å². The molecular weight excluding hydrogens is 316 g/mol. The molecule has 0 aliphatic carbocycles. The van der Waals surface area contributed by atoms with Gasteiger partial charge in [0.15, 0.2) is 5.82 Å². The molecule has 1 fully saturated rings. The third-order valence-electron chi connectivity index (χ3n) is 4.33. The number of nitrogens with zero attached hydrogens (tertiary/aromatic N) is 3. The Hall–Kier alpha value is -2.76. The van der Waals surface area contributed by atoms with E-state index in [1.807, 2.05) is 12.1 Å². The number of hydrogen-bond acceptors (Lipinski definition) is 5. The number of aromatic nitrogens is 1. The second kappa shape index (κ2) is 7.88. The Balaban J connectivity index is 1.69. The molecule has 0 bridgehead atoms. The van der Waals surface area contributed by atoms with E-state index in [1.54, 1.807) is 13.1 Å². The van der Waals surface area contributed by atoms with Crippen LogP contribution < -0.4 is 15.1 Å². The first kappa shape index (κ1) is 17.1. The predicted octanol–water partition coefficient (Wildman–Crippen LogP) is 3.29. The molecule has 2 heterocycles. The molecule has 0 saturated carbocycles. The number of nitrogens with one attached hydrogen (secondary N) is 1. The molecule has 3 rings (SSSR count). The number of amides is 1. The quantitative estimate of drug-likeness (QED) is 0.925. The maximum absolute atomic E-state index is 11.7. The maximum atomic E-state index is 11.7. The van der Waals surface area contributed by atoms with Crippen molar-refractivity contribution in [3.63, 3.8) is 0 Å². The van der Waals surface area contributed by atoms with Crippen molar-refractivity contribution < 1.29 is 9.53 Å². The number of para-hydroxylation sites is 1. The number of aryl methyl sites for hydroxylation is 1. The predicted molar refractivity (Wildman–Crippen MR) is 100 cm³/mol. The van der Waals surface area contributed by atoms with Gasteiger partial charge in [-0.15, -0.1) is 0 Å². The van der Waals surface area contributed by atoms with Crippen molar-refractivity contribution in [1.82, 2.24) is 4.98 Å². The van der Waals surface area contributed by atoms with E-state index in [1.165, 1.54) is 11.3 Å². The maximum Gasteiger partial charge on any atom is 0.411 e. The number of carbonyl (C=O) groups is 1. The molecule has 0 unspecified atom stereocenters. The number of carbonyl (C=O) groups excluding carboxylic acids is 1. The fourth-order valence-electron chi connectivity index (χ4n) is 3.10. The monoisotopic (exact) mass is 340 g/mol. The minimum atomic E-state index is -0.449. The average molecular weight is 340 g/mol. The number of ether oxygens (including phenoxy) is 1. The smallest absolute Gasteiger partial charge is 0.411 e. The Kier molecular flexibility index (Phi) is 5.38. The van der Waals surface area contributed by atoms with E-state index in [0.717, 1.165) is 32.0 Å². The molecule has 1 saturated heterocycles. The molecule has 0 spiro atoms. The third-order valence-corrected chi connectivity index (χ3v) is 4.33. The summed E-state index contributed by atoms with van der Waals surface area (Å²) < 4.78 is 4.97. The molecule has 132 valence electrons. The van der Waals surface area contributed by atoms with Gasteiger partial charge in [-0.2, -0.15) is 0 Å². The highest BCUT2D eigenvalue weighted by Gasteiger charge is 2.21. The SMILES string of the molecule is CCOC(=O)Nc1cccnc1N1CCN(c2ccccc2C)CC1. The van der Waals surface area contributed by atoms with E-state index in [9.17, 15) is 4.79 Å². The molecular formula is C19H24N4O2. The van der Waals surface area contributed by atoms with E-state index >= 15 is 0 Å². The Morgan fingerprint density at radius 1 is 1.12 bits per heavy atom. The summed E-state index contributed by atoms with van der Waals surface area (Å²) in [5, 5.41) is 2.78. The average Bonchev–Trinajstić information content (AvgIpc) is 2.63. The summed E-state index contributed by atoms with van der Waals surface area (Å²) in [6, 6.07) is 12.1. The third kappa shape index (κ3) is 4.02. The van der Waals surface area contributed by atoms with Crippen LogP contribution in [0.1, 0.15) is 12.5 Å². The van der Waals surface area contributed by atoms with Gasteiger partial charge in [0.1, 0.15) is 0 Å². The first-order valence-electron chi connectivity index (χ1n) is 8.63. The largest absolute Gasteiger partial charge is 0.450 e. The fourth-order valence-corrected chi connectivity index (χ4v) is 3.10. The van der Waals surface area contributed by atoms with Gasteiger partial charge < -0.3 is 14.5 Å². The number of benzene rings is 1. The Labute approximate surface area is 148 Å². The summed E-state index contributed by atoms with van der Waals surface area (Å²) >= 11 is 0. The number of anilines is 3. The number of piperazine rings is 1. The lowest BCUT2D eigenvalue weighted by molar-refractivity contribution is 0.168. The van der Waals surface area contributed by atoms with Gasteiger partial charge >= 0.3 is 6.09 Å². The number of rotatable bonds is 4. The van der Waals surface area contributed by atoms with E-state index < -0.39 is 6.09 Å². The molecule has 1 aliphatic rings. The highest BCUT2D eigenvalue weighted by Crippen LogP contribution is 2.26. The normalized spacial score (nSPS) is 14.3. The Morgan fingerprint density at radius 3 is 2.56 bits per heavy atom. The molecule has 1 amide bonds. The molecule has 1 aliphatic heterocycles. The molecule has 6 heteroatoms. The van der Waals surface area contributed by atoms with E-state index in [-0.39, 0.29) is 0 Å². The second-order valence-corrected chi connectivity index (χ2v) is 5.98. The van der Waals surface area contributed by atoms with Crippen LogP contribution in [0, 0.1) is 6.92 Å². The molecule has 0 radical (unpaired) electrons. The van der Waals surface area contributed by atoms with Gasteiger partial charge in [0.05, 0.1) is 12.3 Å². The minimum Gasteiger partial charge on any atom is -0.450 e. The van der Waals surface area contributed by atoms with Crippen molar-refractivity contribution in [1.29, 1.82) is 0 Å². The van der Waals surface area contributed by atoms with Crippen LogP contribution in [0.15, 0.2) is 42.6 Å². The van der Waals surface area contributed by atoms with Gasteiger partial charge in [-0.1, -0.05) is 18.2 Å². The first-order chi connectivity index (χ1) is 12.2. The zero-order valence-corrected chi connectivity index (χ0v) is 14.7. The van der Waals surface area contributed by atoms with Crippen molar-refractivity contribution in [3.8, 4) is 0 Å². The lowest BCUT2D eigenvalue weighted by Crippen LogP contribution is -2.47. The Bertz CT molecular complexity index is 727. The molecule has 2 aromatic rings. The highest BCUT2D eigenvalue weighted by molar-refractivity contribution is 5.88. The zero-order valence-electron chi connectivity index (χ0n) is 14.7. The van der Waals surface area contributed by atoms with Crippen LogP contribution in [-0.2, 0) is 4.74 Å². The summed E-state index contributed by atoms with van der Waals surface area (Å²) in [6.45, 7) is 7.80. The van der Waals surface area contributed by atoms with E-state index in [2.05, 4.69) is 51.3 Å². The standard InChI is InChI=1S/C19H24N4O2/c1-3-25-19(24)21-16-8-6-10-20-18(16)23-13-11-22(12-14-23)17-9-5-4-7-15(17)2/h4-10H,3,11-14H2,1-2H3,(H,21,24). The van der Waals surface area contributed by atoms with Crippen molar-refractivity contribution in [2.75, 3.05) is 47.9 Å². The molecule has 6 nitrogen and oxygen atoms in total. The fraction of sp³-hybridized carbons (Fsp3) is 0.368. The van der Waals surface area contributed by atoms with Crippen molar-refractivity contribution in [3.05, 3.63) is 48.2 Å². The Morgan fingerprint density at radius 2 is 1.84 bits per heavy atom. The van der Waals surface area contributed by atoms with Gasteiger partial charge in [0.25, 0.3) is 0 Å². The molecule has 25 heavy (non-hydrogen) atoms. The van der Waals surface area contributed by atoms with Gasteiger partial charge in [-0.3, -0.25) is 5.32 Å². The zero-order chi connectivity index (χ0) is 17.6. The van der Waals surface area contributed by atoms with Gasteiger partial charge in [-0.25, -0.2) is 9.78 Å². The summed E-state index contributed by atoms with van der Waals surface area (Å²) in [4.78, 5) is 20.8. The van der Waals surface area contributed by atoms with Crippen LogP contribution in [0.4, 0.5) is 22.0 Å². The second-order valence-electron chi connectivity index (χ2n) is 5.98. The number of hydrogen-bond donors (Lipinski definition) is 1. The van der Waals surface area contributed by atoms with Gasteiger partial charge in [0.2, 0.25) is 0 Å².